The number of rotatable bonds is 12. The summed E-state index contributed by atoms with van der Waals surface area (Å²) in [7, 11) is -0.0800. The average Bonchev–Trinajstić information content (AvgIpc) is 2.70. The predicted octanol–water partition coefficient (Wildman–Crippen LogP) is 4.12. The van der Waals surface area contributed by atoms with E-state index in [0.29, 0.717) is 12.8 Å². The van der Waals surface area contributed by atoms with Crippen LogP contribution in [0.1, 0.15) is 36.8 Å². The van der Waals surface area contributed by atoms with Crippen molar-refractivity contribution in [3.8, 4) is 5.75 Å². The van der Waals surface area contributed by atoms with Gasteiger partial charge in [0.2, 0.25) is 0 Å². The summed E-state index contributed by atoms with van der Waals surface area (Å²) in [5.41, 5.74) is 3.14. The van der Waals surface area contributed by atoms with E-state index in [0.717, 1.165) is 29.7 Å². The van der Waals surface area contributed by atoms with Crippen LogP contribution in [0.5, 0.6) is 5.75 Å². The third kappa shape index (κ3) is 8.68. The van der Waals surface area contributed by atoms with Gasteiger partial charge in [-0.25, -0.2) is 4.18 Å². The standard InChI is InChI=1S/C22H29NO5S/c1-23(2)21-13-9-19(10-14-21)7-8-20-11-15-22(16-12-20)28-29(25,26)27-18-6-4-3-5-17-24/h7-16,24H,3-6,17-18H2,1-2H3/b8-7+. The van der Waals surface area contributed by atoms with E-state index in [1.165, 1.54) is 0 Å². The van der Waals surface area contributed by atoms with Gasteiger partial charge < -0.3 is 14.2 Å². The fourth-order valence-electron chi connectivity index (χ4n) is 2.58. The molecule has 0 atom stereocenters. The van der Waals surface area contributed by atoms with Crippen molar-refractivity contribution >= 4 is 28.2 Å². The summed E-state index contributed by atoms with van der Waals surface area (Å²) in [6.45, 7) is 0.220. The smallest absolute Gasteiger partial charge is 0.396 e. The zero-order valence-electron chi connectivity index (χ0n) is 17.0. The van der Waals surface area contributed by atoms with Gasteiger partial charge in [-0.15, -0.1) is 0 Å². The molecule has 2 aromatic carbocycles. The van der Waals surface area contributed by atoms with E-state index in [4.69, 9.17) is 13.5 Å². The molecule has 0 aliphatic carbocycles. The molecule has 0 aromatic heterocycles. The van der Waals surface area contributed by atoms with Crippen LogP contribution in [0.2, 0.25) is 0 Å². The van der Waals surface area contributed by atoms with Crippen LogP contribution >= 0.6 is 0 Å². The normalized spacial score (nSPS) is 11.7. The second-order valence-electron chi connectivity index (χ2n) is 6.84. The predicted molar refractivity (Wildman–Crippen MR) is 117 cm³/mol. The number of aliphatic hydroxyl groups excluding tert-OH is 1. The Morgan fingerprint density at radius 2 is 1.41 bits per heavy atom. The van der Waals surface area contributed by atoms with Crippen molar-refractivity contribution in [2.75, 3.05) is 32.2 Å². The molecule has 6 nitrogen and oxygen atoms in total. The third-order valence-electron chi connectivity index (χ3n) is 4.24. The molecule has 0 amide bonds. The number of hydrogen-bond acceptors (Lipinski definition) is 6. The highest BCUT2D eigenvalue weighted by Crippen LogP contribution is 2.18. The van der Waals surface area contributed by atoms with Gasteiger partial charge in [0.15, 0.2) is 0 Å². The van der Waals surface area contributed by atoms with Crippen LogP contribution in [0.25, 0.3) is 12.2 Å². The zero-order valence-corrected chi connectivity index (χ0v) is 17.8. The lowest BCUT2D eigenvalue weighted by atomic mass is 10.1. The topological polar surface area (TPSA) is 76.1 Å². The highest BCUT2D eigenvalue weighted by atomic mass is 32.3. The largest absolute Gasteiger partial charge is 0.449 e. The maximum absolute atomic E-state index is 11.9. The highest BCUT2D eigenvalue weighted by Gasteiger charge is 2.13. The quantitative estimate of drug-likeness (QED) is 0.412. The monoisotopic (exact) mass is 419 g/mol. The molecule has 158 valence electrons. The number of benzene rings is 2. The molecule has 0 spiro atoms. The van der Waals surface area contributed by atoms with E-state index < -0.39 is 10.4 Å². The highest BCUT2D eigenvalue weighted by molar-refractivity contribution is 7.82. The molecule has 0 bridgehead atoms. The third-order valence-corrected chi connectivity index (χ3v) is 5.09. The Bertz CT molecular complexity index is 859. The van der Waals surface area contributed by atoms with Crippen molar-refractivity contribution in [2.45, 2.75) is 25.7 Å². The van der Waals surface area contributed by atoms with Gasteiger partial charge in [0.05, 0.1) is 6.61 Å². The SMILES string of the molecule is CN(C)c1ccc(/C=C/c2ccc(OS(=O)(=O)OCCCCCCO)cc2)cc1. The van der Waals surface area contributed by atoms with E-state index in [1.54, 1.807) is 24.3 Å². The van der Waals surface area contributed by atoms with E-state index in [1.807, 2.05) is 55.4 Å². The van der Waals surface area contributed by atoms with Crippen LogP contribution in [0.3, 0.4) is 0 Å². The van der Waals surface area contributed by atoms with Gasteiger partial charge in [-0.05, 0) is 48.2 Å². The second kappa shape index (κ2) is 11.6. The average molecular weight is 420 g/mol. The molecule has 0 saturated carbocycles. The Labute approximate surface area is 173 Å². The Kier molecular flexibility index (Phi) is 9.18. The van der Waals surface area contributed by atoms with E-state index in [-0.39, 0.29) is 19.0 Å². The van der Waals surface area contributed by atoms with E-state index >= 15 is 0 Å². The molecule has 7 heteroatoms. The second-order valence-corrected chi connectivity index (χ2v) is 8.06. The summed E-state index contributed by atoms with van der Waals surface area (Å²) in [6, 6.07) is 14.9. The van der Waals surface area contributed by atoms with Crippen molar-refractivity contribution in [2.24, 2.45) is 0 Å². The Hall–Kier alpha value is -2.35. The lowest BCUT2D eigenvalue weighted by Gasteiger charge is -2.11. The lowest BCUT2D eigenvalue weighted by Crippen LogP contribution is -2.14. The Morgan fingerprint density at radius 1 is 0.862 bits per heavy atom. The zero-order chi connectivity index (χ0) is 21.1. The van der Waals surface area contributed by atoms with Crippen molar-refractivity contribution in [1.29, 1.82) is 0 Å². The van der Waals surface area contributed by atoms with E-state index in [2.05, 4.69) is 0 Å². The Morgan fingerprint density at radius 3 is 1.97 bits per heavy atom. The molecular formula is C22H29NO5S. The summed E-state index contributed by atoms with van der Waals surface area (Å²) >= 11 is 0. The van der Waals surface area contributed by atoms with Crippen molar-refractivity contribution in [3.63, 3.8) is 0 Å². The summed E-state index contributed by atoms with van der Waals surface area (Å²) < 4.78 is 33.5. The maximum Gasteiger partial charge on any atom is 0.449 e. The van der Waals surface area contributed by atoms with Crippen LogP contribution in [0, 0.1) is 0 Å². The molecule has 2 rings (SSSR count). The van der Waals surface area contributed by atoms with Gasteiger partial charge in [-0.2, -0.15) is 8.42 Å². The fourth-order valence-corrected chi connectivity index (χ4v) is 3.30. The van der Waals surface area contributed by atoms with Crippen molar-refractivity contribution in [3.05, 3.63) is 59.7 Å². The molecule has 0 unspecified atom stereocenters. The molecule has 29 heavy (non-hydrogen) atoms. The van der Waals surface area contributed by atoms with Gasteiger partial charge in [0, 0.05) is 26.4 Å². The van der Waals surface area contributed by atoms with Gasteiger partial charge in [-0.1, -0.05) is 49.3 Å². The maximum atomic E-state index is 11.9. The van der Waals surface area contributed by atoms with Crippen LogP contribution < -0.4 is 9.08 Å². The van der Waals surface area contributed by atoms with Crippen LogP contribution in [-0.2, 0) is 14.6 Å². The van der Waals surface area contributed by atoms with Gasteiger partial charge in [-0.3, -0.25) is 0 Å². The minimum absolute atomic E-state index is 0.0706. The number of hydrogen-bond donors (Lipinski definition) is 1. The molecule has 0 heterocycles. The molecule has 2 aromatic rings. The number of nitrogens with zero attached hydrogens (tertiary/aromatic N) is 1. The van der Waals surface area contributed by atoms with Crippen molar-refractivity contribution < 1.29 is 21.9 Å². The van der Waals surface area contributed by atoms with Crippen LogP contribution in [0.15, 0.2) is 48.5 Å². The molecule has 0 radical (unpaired) electrons. The molecule has 0 fully saturated rings. The minimum atomic E-state index is -4.08. The number of aliphatic hydroxyl groups is 1. The van der Waals surface area contributed by atoms with E-state index in [9.17, 15) is 8.42 Å². The van der Waals surface area contributed by atoms with Crippen LogP contribution in [0.4, 0.5) is 5.69 Å². The lowest BCUT2D eigenvalue weighted by molar-refractivity contribution is 0.257. The molecular weight excluding hydrogens is 390 g/mol. The minimum Gasteiger partial charge on any atom is -0.396 e. The Balaban J connectivity index is 1.84. The first-order chi connectivity index (χ1) is 13.9. The van der Waals surface area contributed by atoms with Gasteiger partial charge in [0.1, 0.15) is 5.75 Å². The first kappa shape index (κ1) is 22.9. The number of anilines is 1. The van der Waals surface area contributed by atoms with Crippen LogP contribution in [-0.4, -0.2) is 40.8 Å². The van der Waals surface area contributed by atoms with Crippen molar-refractivity contribution in [1.82, 2.24) is 0 Å². The molecule has 0 aliphatic rings. The van der Waals surface area contributed by atoms with Gasteiger partial charge >= 0.3 is 10.4 Å². The van der Waals surface area contributed by atoms with Gasteiger partial charge in [0.25, 0.3) is 0 Å². The summed E-state index contributed by atoms with van der Waals surface area (Å²) in [4.78, 5) is 2.04. The number of unbranched alkanes of at least 4 members (excludes halogenated alkanes) is 3. The molecule has 1 N–H and O–H groups in total. The summed E-state index contributed by atoms with van der Waals surface area (Å²) in [5.74, 6) is 0.206. The summed E-state index contributed by atoms with van der Waals surface area (Å²) in [5, 5.41) is 8.70. The first-order valence-electron chi connectivity index (χ1n) is 9.65. The first-order valence-corrected chi connectivity index (χ1v) is 11.0. The molecule has 0 saturated heterocycles. The molecule has 0 aliphatic heterocycles. The fraction of sp³-hybridized carbons (Fsp3) is 0.364. The summed E-state index contributed by atoms with van der Waals surface area (Å²) in [6.07, 6.45) is 6.90.